The van der Waals surface area contributed by atoms with Crippen LogP contribution in [-0.2, 0) is 24.1 Å². The average molecular weight is 541 g/mol. The molecule has 3 nitrogen and oxygen atoms in total. The number of amides is 1. The number of aryl methyl sites for hydroxylation is 2. The summed E-state index contributed by atoms with van der Waals surface area (Å²) in [7, 11) is 0. The molecule has 0 fully saturated rings. The predicted molar refractivity (Wildman–Crippen MR) is 157 cm³/mol. The SMILES string of the molecule is Cc1cccc(C2c3ccccc3CCN2CC(=O)NC2Cc3ccccc3C2)c1Cl.Cc1ccccc1F. The van der Waals surface area contributed by atoms with Gasteiger partial charge >= 0.3 is 0 Å². The molecule has 1 atom stereocenters. The van der Waals surface area contributed by atoms with Crippen molar-refractivity contribution in [3.63, 3.8) is 0 Å². The van der Waals surface area contributed by atoms with Gasteiger partial charge in [0.25, 0.3) is 0 Å². The smallest absolute Gasteiger partial charge is 0.234 e. The molecular formula is C34H34ClFN2O. The number of nitrogens with one attached hydrogen (secondary N) is 1. The highest BCUT2D eigenvalue weighted by atomic mass is 35.5. The largest absolute Gasteiger partial charge is 0.352 e. The highest BCUT2D eigenvalue weighted by Gasteiger charge is 2.32. The third kappa shape index (κ3) is 6.24. The van der Waals surface area contributed by atoms with Crippen LogP contribution in [0, 0.1) is 19.7 Å². The molecule has 1 aliphatic carbocycles. The summed E-state index contributed by atoms with van der Waals surface area (Å²) >= 11 is 6.76. The van der Waals surface area contributed by atoms with Crippen molar-refractivity contribution in [1.82, 2.24) is 10.2 Å². The quantitative estimate of drug-likeness (QED) is 0.302. The van der Waals surface area contributed by atoms with Crippen molar-refractivity contribution in [2.45, 2.75) is 45.2 Å². The highest BCUT2D eigenvalue weighted by molar-refractivity contribution is 6.32. The Bertz CT molecular complexity index is 1420. The first-order valence-electron chi connectivity index (χ1n) is 13.5. The van der Waals surface area contributed by atoms with Gasteiger partial charge in [0.05, 0.1) is 12.6 Å². The van der Waals surface area contributed by atoms with Crippen molar-refractivity contribution >= 4 is 17.5 Å². The molecule has 1 amide bonds. The Morgan fingerprint density at radius 2 is 1.41 bits per heavy atom. The second-order valence-electron chi connectivity index (χ2n) is 10.5. The summed E-state index contributed by atoms with van der Waals surface area (Å²) in [5.41, 5.74) is 8.14. The Morgan fingerprint density at radius 3 is 2.08 bits per heavy atom. The molecule has 4 aromatic rings. The average Bonchev–Trinajstić information content (AvgIpc) is 3.34. The van der Waals surface area contributed by atoms with Gasteiger partial charge in [0.15, 0.2) is 0 Å². The number of carbonyl (C=O) groups is 1. The lowest BCUT2D eigenvalue weighted by atomic mass is 9.87. The monoisotopic (exact) mass is 540 g/mol. The van der Waals surface area contributed by atoms with Gasteiger partial charge in [-0.15, -0.1) is 0 Å². The molecule has 39 heavy (non-hydrogen) atoms. The topological polar surface area (TPSA) is 32.3 Å². The first-order chi connectivity index (χ1) is 18.9. The zero-order chi connectivity index (χ0) is 27.4. The fourth-order valence-electron chi connectivity index (χ4n) is 5.70. The van der Waals surface area contributed by atoms with Crippen LogP contribution in [0.4, 0.5) is 4.39 Å². The van der Waals surface area contributed by atoms with Crippen LogP contribution < -0.4 is 5.32 Å². The Kier molecular flexibility index (Phi) is 8.44. The summed E-state index contributed by atoms with van der Waals surface area (Å²) in [4.78, 5) is 15.4. The molecule has 0 spiro atoms. The van der Waals surface area contributed by atoms with Gasteiger partial charge in [0.2, 0.25) is 5.91 Å². The van der Waals surface area contributed by atoms with Gasteiger partial charge in [-0.25, -0.2) is 4.39 Å². The molecule has 200 valence electrons. The minimum Gasteiger partial charge on any atom is -0.352 e. The summed E-state index contributed by atoms with van der Waals surface area (Å²) in [6, 6.07) is 30.1. The molecule has 0 saturated heterocycles. The van der Waals surface area contributed by atoms with Crippen molar-refractivity contribution in [3.05, 3.63) is 141 Å². The van der Waals surface area contributed by atoms with Crippen molar-refractivity contribution in [3.8, 4) is 0 Å². The lowest BCUT2D eigenvalue weighted by Crippen LogP contribution is -2.46. The third-order valence-corrected chi connectivity index (χ3v) is 8.26. The van der Waals surface area contributed by atoms with Crippen molar-refractivity contribution in [1.29, 1.82) is 0 Å². The minimum absolute atomic E-state index is 0.0103. The maximum atomic E-state index is 13.1. The molecule has 0 aromatic heterocycles. The van der Waals surface area contributed by atoms with Crippen LogP contribution in [0.25, 0.3) is 0 Å². The van der Waals surface area contributed by atoms with Gasteiger partial charge in [-0.2, -0.15) is 0 Å². The number of hydrogen-bond donors (Lipinski definition) is 1. The van der Waals surface area contributed by atoms with Crippen LogP contribution in [-0.4, -0.2) is 29.9 Å². The number of hydrogen-bond acceptors (Lipinski definition) is 2. The van der Waals surface area contributed by atoms with E-state index in [4.69, 9.17) is 11.6 Å². The van der Waals surface area contributed by atoms with Gasteiger partial charge in [-0.05, 0) is 78.1 Å². The van der Waals surface area contributed by atoms with Crippen molar-refractivity contribution < 1.29 is 9.18 Å². The predicted octanol–water partition coefficient (Wildman–Crippen LogP) is 7.01. The van der Waals surface area contributed by atoms with Crippen LogP contribution in [0.3, 0.4) is 0 Å². The van der Waals surface area contributed by atoms with Gasteiger partial charge in [-0.3, -0.25) is 9.69 Å². The van der Waals surface area contributed by atoms with E-state index in [0.717, 1.165) is 42.0 Å². The molecule has 4 aromatic carbocycles. The first-order valence-corrected chi connectivity index (χ1v) is 13.9. The zero-order valence-electron chi connectivity index (χ0n) is 22.5. The molecule has 0 radical (unpaired) electrons. The number of carbonyl (C=O) groups excluding carboxylic acids is 1. The van der Waals surface area contributed by atoms with E-state index in [1.807, 2.05) is 19.1 Å². The molecule has 0 saturated carbocycles. The Morgan fingerprint density at radius 1 is 0.821 bits per heavy atom. The number of halogens is 2. The van der Waals surface area contributed by atoms with E-state index in [0.29, 0.717) is 12.1 Å². The van der Waals surface area contributed by atoms with Crippen molar-refractivity contribution in [2.75, 3.05) is 13.1 Å². The standard InChI is InChI=1S/C27H27ClN2O.C7H7F/c1-18-7-6-12-24(26(18)28)27-23-11-5-4-8-19(23)13-14-30(27)17-25(31)29-22-15-20-9-2-3-10-21(20)16-22;1-6-4-2-3-5-7(6)8/h2-12,22,27H,13-17H2,1H3,(H,29,31);2-5H,1H3. The minimum atomic E-state index is -0.132. The van der Waals surface area contributed by atoms with Crippen LogP contribution in [0.5, 0.6) is 0 Å². The molecule has 2 aliphatic rings. The number of nitrogens with zero attached hydrogens (tertiary/aromatic N) is 1. The fourth-order valence-corrected chi connectivity index (χ4v) is 5.93. The summed E-state index contributed by atoms with van der Waals surface area (Å²) in [6.45, 7) is 4.99. The van der Waals surface area contributed by atoms with Crippen LogP contribution in [0.1, 0.15) is 45.0 Å². The highest BCUT2D eigenvalue weighted by Crippen LogP contribution is 2.39. The summed E-state index contributed by atoms with van der Waals surface area (Å²) in [5, 5.41) is 4.07. The number of benzene rings is 4. The Balaban J connectivity index is 0.000000332. The van der Waals surface area contributed by atoms with Crippen LogP contribution >= 0.6 is 11.6 Å². The van der Waals surface area contributed by atoms with E-state index in [-0.39, 0.29) is 23.8 Å². The number of fused-ring (bicyclic) bond motifs is 2. The molecule has 1 heterocycles. The maximum Gasteiger partial charge on any atom is 0.234 e. The Hall–Kier alpha value is -3.47. The normalized spacial score (nSPS) is 16.6. The summed E-state index contributed by atoms with van der Waals surface area (Å²) in [6.07, 6.45) is 2.77. The third-order valence-electron chi connectivity index (χ3n) is 7.74. The van der Waals surface area contributed by atoms with Gasteiger partial charge in [-0.1, -0.05) is 96.5 Å². The zero-order valence-corrected chi connectivity index (χ0v) is 23.2. The molecule has 1 N–H and O–H groups in total. The van der Waals surface area contributed by atoms with Gasteiger partial charge in [0.1, 0.15) is 5.82 Å². The van der Waals surface area contributed by atoms with Crippen LogP contribution in [0.15, 0.2) is 91.0 Å². The molecule has 0 bridgehead atoms. The Labute approximate surface area is 235 Å². The molecule has 1 unspecified atom stereocenters. The van der Waals surface area contributed by atoms with Crippen molar-refractivity contribution in [2.24, 2.45) is 0 Å². The molecule has 1 aliphatic heterocycles. The lowest BCUT2D eigenvalue weighted by Gasteiger charge is -2.38. The van der Waals surface area contributed by atoms with Crippen LogP contribution in [0.2, 0.25) is 5.02 Å². The van der Waals surface area contributed by atoms with E-state index < -0.39 is 0 Å². The summed E-state index contributed by atoms with van der Waals surface area (Å²) < 4.78 is 12.3. The van der Waals surface area contributed by atoms with E-state index >= 15 is 0 Å². The fraction of sp³-hybridized carbons (Fsp3) is 0.265. The number of rotatable bonds is 4. The molecule has 6 rings (SSSR count). The van der Waals surface area contributed by atoms with Gasteiger partial charge < -0.3 is 5.32 Å². The molecule has 5 heteroatoms. The van der Waals surface area contributed by atoms with E-state index in [1.165, 1.54) is 28.3 Å². The second kappa shape index (κ2) is 12.1. The molecular weight excluding hydrogens is 507 g/mol. The maximum absolute atomic E-state index is 13.1. The first kappa shape index (κ1) is 27.1. The van der Waals surface area contributed by atoms with E-state index in [2.05, 4.69) is 70.9 Å². The lowest BCUT2D eigenvalue weighted by molar-refractivity contribution is -0.123. The van der Waals surface area contributed by atoms with E-state index in [1.54, 1.807) is 19.1 Å². The van der Waals surface area contributed by atoms with E-state index in [9.17, 15) is 9.18 Å². The summed E-state index contributed by atoms with van der Waals surface area (Å²) in [5.74, 6) is -0.0431. The van der Waals surface area contributed by atoms with Gasteiger partial charge in [0, 0.05) is 17.6 Å². The second-order valence-corrected chi connectivity index (χ2v) is 10.9.